The molecule has 3 heteroatoms. The number of aryl methyl sites for hydroxylation is 1. The third-order valence-corrected chi connectivity index (χ3v) is 5.00. The highest BCUT2D eigenvalue weighted by molar-refractivity contribution is 7.99. The zero-order valence-corrected chi connectivity index (χ0v) is 13.5. The van der Waals surface area contributed by atoms with Crippen LogP contribution in [0, 0.1) is 6.92 Å². The van der Waals surface area contributed by atoms with E-state index in [9.17, 15) is 0 Å². The molecule has 1 aliphatic rings. The van der Waals surface area contributed by atoms with E-state index in [1.54, 1.807) is 0 Å². The van der Waals surface area contributed by atoms with Crippen LogP contribution in [0.4, 0.5) is 0 Å². The summed E-state index contributed by atoms with van der Waals surface area (Å²) in [6.45, 7) is 6.34. The summed E-state index contributed by atoms with van der Waals surface area (Å²) < 4.78 is 5.72. The first-order valence-electron chi connectivity index (χ1n) is 7.82. The zero-order chi connectivity index (χ0) is 14.2. The van der Waals surface area contributed by atoms with Gasteiger partial charge in [0.15, 0.2) is 0 Å². The Bertz CT molecular complexity index is 373. The van der Waals surface area contributed by atoms with Gasteiger partial charge >= 0.3 is 0 Å². The molecule has 2 rings (SSSR count). The van der Waals surface area contributed by atoms with Gasteiger partial charge in [-0.1, -0.05) is 24.6 Å². The monoisotopic (exact) mass is 293 g/mol. The van der Waals surface area contributed by atoms with Crippen LogP contribution in [0.25, 0.3) is 0 Å². The number of benzene rings is 1. The van der Waals surface area contributed by atoms with E-state index >= 15 is 0 Å². The molecule has 0 spiro atoms. The Morgan fingerprint density at radius 3 is 2.80 bits per heavy atom. The minimum Gasteiger partial charge on any atom is -0.378 e. The molecule has 112 valence electrons. The summed E-state index contributed by atoms with van der Waals surface area (Å²) in [7, 11) is 0. The van der Waals surface area contributed by atoms with Crippen molar-refractivity contribution in [2.24, 2.45) is 0 Å². The van der Waals surface area contributed by atoms with Crippen molar-refractivity contribution in [2.45, 2.75) is 56.6 Å². The average Bonchev–Trinajstić information content (AvgIpc) is 2.97. The quantitative estimate of drug-likeness (QED) is 0.731. The van der Waals surface area contributed by atoms with E-state index in [1.807, 2.05) is 11.8 Å². The molecule has 1 saturated heterocycles. The van der Waals surface area contributed by atoms with E-state index in [-0.39, 0.29) is 0 Å². The number of thioether (sulfide) groups is 1. The van der Waals surface area contributed by atoms with Gasteiger partial charge in [0.2, 0.25) is 0 Å². The summed E-state index contributed by atoms with van der Waals surface area (Å²) in [6, 6.07) is 9.43. The van der Waals surface area contributed by atoms with E-state index in [4.69, 9.17) is 4.74 Å². The molecule has 1 aromatic rings. The summed E-state index contributed by atoms with van der Waals surface area (Å²) >= 11 is 1.96. The molecule has 0 radical (unpaired) electrons. The Balaban J connectivity index is 1.74. The normalized spacial score (nSPS) is 20.2. The molecule has 0 aliphatic carbocycles. The lowest BCUT2D eigenvalue weighted by Gasteiger charge is -2.19. The van der Waals surface area contributed by atoms with Crippen molar-refractivity contribution in [3.8, 4) is 0 Å². The topological polar surface area (TPSA) is 21.3 Å². The molecule has 0 aromatic heterocycles. The lowest BCUT2D eigenvalue weighted by molar-refractivity contribution is 0.100. The molecule has 0 saturated carbocycles. The number of nitrogens with one attached hydrogen (secondary N) is 1. The van der Waals surface area contributed by atoms with Gasteiger partial charge in [-0.05, 0) is 51.3 Å². The Labute approximate surface area is 127 Å². The number of hydrogen-bond acceptors (Lipinski definition) is 3. The Morgan fingerprint density at radius 2 is 2.15 bits per heavy atom. The molecule has 0 amide bonds. The van der Waals surface area contributed by atoms with Crippen LogP contribution < -0.4 is 5.32 Å². The second-order valence-corrected chi connectivity index (χ2v) is 6.68. The highest BCUT2D eigenvalue weighted by atomic mass is 32.2. The third kappa shape index (κ3) is 5.47. The van der Waals surface area contributed by atoms with Crippen LogP contribution >= 0.6 is 11.8 Å². The minimum atomic E-state index is 0.514. The van der Waals surface area contributed by atoms with Gasteiger partial charge < -0.3 is 10.1 Å². The lowest BCUT2D eigenvalue weighted by atomic mass is 10.1. The van der Waals surface area contributed by atoms with Crippen LogP contribution in [0.15, 0.2) is 29.2 Å². The van der Waals surface area contributed by atoms with Gasteiger partial charge in [0.1, 0.15) is 0 Å². The zero-order valence-electron chi connectivity index (χ0n) is 12.7. The maximum Gasteiger partial charge on any atom is 0.0576 e. The first-order valence-corrected chi connectivity index (χ1v) is 8.81. The van der Waals surface area contributed by atoms with E-state index in [1.165, 1.54) is 36.1 Å². The molecular formula is C17H27NOS. The predicted octanol–water partition coefficient (Wildman–Crippen LogP) is 4.02. The molecule has 1 aliphatic heterocycles. The second-order valence-electron chi connectivity index (χ2n) is 5.59. The lowest BCUT2D eigenvalue weighted by Crippen LogP contribution is -2.32. The maximum atomic E-state index is 5.72. The summed E-state index contributed by atoms with van der Waals surface area (Å²) in [4.78, 5) is 1.37. The Morgan fingerprint density at radius 1 is 1.35 bits per heavy atom. The van der Waals surface area contributed by atoms with Gasteiger partial charge in [0.25, 0.3) is 0 Å². The minimum absolute atomic E-state index is 0.514. The molecular weight excluding hydrogens is 266 g/mol. The molecule has 1 N–H and O–H groups in total. The van der Waals surface area contributed by atoms with Gasteiger partial charge in [-0.2, -0.15) is 0 Å². The van der Waals surface area contributed by atoms with Crippen LogP contribution in [0.1, 0.15) is 38.2 Å². The Hall–Kier alpha value is -0.510. The molecule has 1 aromatic carbocycles. The SMILES string of the molecule is CCNC(CCC1CCCO1)CSc1ccc(C)cc1. The van der Waals surface area contributed by atoms with Gasteiger partial charge in [0.05, 0.1) is 6.10 Å². The second kappa shape index (κ2) is 8.71. The molecule has 2 nitrogen and oxygen atoms in total. The molecule has 1 heterocycles. The fourth-order valence-corrected chi connectivity index (χ4v) is 3.63. The van der Waals surface area contributed by atoms with E-state index in [0.29, 0.717) is 12.1 Å². The van der Waals surface area contributed by atoms with Crippen LogP contribution in [-0.2, 0) is 4.74 Å². The summed E-state index contributed by atoms with van der Waals surface area (Å²) in [6.07, 6.45) is 5.43. The maximum absolute atomic E-state index is 5.72. The average molecular weight is 293 g/mol. The van der Waals surface area contributed by atoms with Crippen molar-refractivity contribution in [3.05, 3.63) is 29.8 Å². The highest BCUT2D eigenvalue weighted by Gasteiger charge is 2.17. The van der Waals surface area contributed by atoms with Crippen molar-refractivity contribution >= 4 is 11.8 Å². The summed E-state index contributed by atoms with van der Waals surface area (Å²) in [5.74, 6) is 1.14. The van der Waals surface area contributed by atoms with Crippen molar-refractivity contribution in [1.82, 2.24) is 5.32 Å². The van der Waals surface area contributed by atoms with Crippen molar-refractivity contribution in [3.63, 3.8) is 0 Å². The van der Waals surface area contributed by atoms with E-state index < -0.39 is 0 Å². The Kier molecular flexibility index (Phi) is 6.91. The fraction of sp³-hybridized carbons (Fsp3) is 0.647. The largest absolute Gasteiger partial charge is 0.378 e. The van der Waals surface area contributed by atoms with Crippen molar-refractivity contribution in [1.29, 1.82) is 0 Å². The van der Waals surface area contributed by atoms with Crippen LogP contribution in [0.2, 0.25) is 0 Å². The van der Waals surface area contributed by atoms with Crippen LogP contribution in [0.3, 0.4) is 0 Å². The number of hydrogen-bond donors (Lipinski definition) is 1. The van der Waals surface area contributed by atoms with Gasteiger partial charge in [-0.25, -0.2) is 0 Å². The predicted molar refractivity (Wildman–Crippen MR) is 87.6 cm³/mol. The standard InChI is InChI=1S/C17H27NOS/c1-3-18-15(8-9-16-5-4-12-19-16)13-20-17-10-6-14(2)7-11-17/h6-7,10-11,15-16,18H,3-5,8-9,12-13H2,1-2H3. The van der Waals surface area contributed by atoms with Crippen molar-refractivity contribution < 1.29 is 4.74 Å². The molecule has 1 fully saturated rings. The third-order valence-electron chi connectivity index (χ3n) is 3.83. The van der Waals surface area contributed by atoms with Crippen molar-refractivity contribution in [2.75, 3.05) is 18.9 Å². The number of rotatable bonds is 8. The van der Waals surface area contributed by atoms with Crippen LogP contribution in [-0.4, -0.2) is 31.1 Å². The highest BCUT2D eigenvalue weighted by Crippen LogP contribution is 2.22. The van der Waals surface area contributed by atoms with E-state index in [2.05, 4.69) is 43.4 Å². The summed E-state index contributed by atoms with van der Waals surface area (Å²) in [5, 5.41) is 3.61. The summed E-state index contributed by atoms with van der Waals surface area (Å²) in [5.41, 5.74) is 1.33. The molecule has 20 heavy (non-hydrogen) atoms. The first-order chi connectivity index (χ1) is 9.78. The van der Waals surface area contributed by atoms with Gasteiger partial charge in [0, 0.05) is 23.3 Å². The molecule has 2 atom stereocenters. The first kappa shape index (κ1) is 15.9. The van der Waals surface area contributed by atoms with Crippen LogP contribution in [0.5, 0.6) is 0 Å². The van der Waals surface area contributed by atoms with Gasteiger partial charge in [-0.15, -0.1) is 11.8 Å². The fourth-order valence-electron chi connectivity index (χ4n) is 2.62. The molecule has 0 bridgehead atoms. The number of ether oxygens (including phenoxy) is 1. The smallest absolute Gasteiger partial charge is 0.0576 e. The van der Waals surface area contributed by atoms with Gasteiger partial charge in [-0.3, -0.25) is 0 Å². The van der Waals surface area contributed by atoms with E-state index in [0.717, 1.165) is 18.9 Å². The molecule has 2 unspecified atom stereocenters.